The fourth-order valence-corrected chi connectivity index (χ4v) is 1.61. The summed E-state index contributed by atoms with van der Waals surface area (Å²) in [6.45, 7) is 1.79. The minimum Gasteiger partial charge on any atom is -0.397 e. The number of rotatable bonds is 4. The van der Waals surface area contributed by atoms with Crippen LogP contribution >= 0.6 is 0 Å². The first-order chi connectivity index (χ1) is 9.08. The second kappa shape index (κ2) is 5.53. The van der Waals surface area contributed by atoms with Gasteiger partial charge in [0, 0.05) is 12.7 Å². The van der Waals surface area contributed by atoms with Crippen molar-refractivity contribution < 1.29 is 9.90 Å². The maximum atomic E-state index is 11.7. The molecule has 6 nitrogen and oxygen atoms in total. The molecule has 0 saturated heterocycles. The zero-order chi connectivity index (χ0) is 13.8. The van der Waals surface area contributed by atoms with E-state index in [1.165, 1.54) is 0 Å². The first-order valence-electron chi connectivity index (χ1n) is 5.94. The van der Waals surface area contributed by atoms with Crippen LogP contribution in [-0.2, 0) is 0 Å². The number of carbonyl (C=O) groups is 1. The topological polar surface area (TPSA) is 93.2 Å². The third-order valence-electron chi connectivity index (χ3n) is 2.56. The minimum atomic E-state index is -0.587. The van der Waals surface area contributed by atoms with Gasteiger partial charge in [0.1, 0.15) is 0 Å². The number of carbonyl (C=O) groups excluding carboxylic acids is 1. The smallest absolute Gasteiger partial charge is 0.271 e. The molecule has 6 heteroatoms. The van der Waals surface area contributed by atoms with Gasteiger partial charge in [0.15, 0.2) is 5.69 Å². The molecule has 0 saturated carbocycles. The highest BCUT2D eigenvalue weighted by atomic mass is 16.3. The second-order valence-corrected chi connectivity index (χ2v) is 4.26. The van der Waals surface area contributed by atoms with Gasteiger partial charge in [0.05, 0.1) is 17.5 Å². The molecule has 1 heterocycles. The van der Waals surface area contributed by atoms with E-state index in [-0.39, 0.29) is 18.1 Å². The van der Waals surface area contributed by atoms with Crippen molar-refractivity contribution in [1.82, 2.24) is 15.1 Å². The number of aliphatic hydroxyl groups is 1. The molecule has 2 aromatic rings. The number of aliphatic hydroxyl groups excluding tert-OH is 1. The Labute approximate surface area is 110 Å². The van der Waals surface area contributed by atoms with Crippen molar-refractivity contribution in [3.05, 3.63) is 42.2 Å². The number of hydrogen-bond donors (Lipinski definition) is 3. The van der Waals surface area contributed by atoms with Crippen molar-refractivity contribution in [3.63, 3.8) is 0 Å². The molecule has 1 atom stereocenters. The van der Waals surface area contributed by atoms with Crippen molar-refractivity contribution in [2.75, 3.05) is 12.3 Å². The van der Waals surface area contributed by atoms with Crippen molar-refractivity contribution in [2.24, 2.45) is 0 Å². The van der Waals surface area contributed by atoms with Gasteiger partial charge in [-0.15, -0.1) is 0 Å². The molecule has 0 radical (unpaired) electrons. The summed E-state index contributed by atoms with van der Waals surface area (Å²) in [6, 6.07) is 8.87. The van der Waals surface area contributed by atoms with E-state index >= 15 is 0 Å². The average Bonchev–Trinajstić information content (AvgIpc) is 2.86. The van der Waals surface area contributed by atoms with Crippen LogP contribution in [0.2, 0.25) is 0 Å². The molecule has 0 bridgehead atoms. The predicted octanol–water partition coefficient (Wildman–Crippen LogP) is 0.565. The summed E-state index contributed by atoms with van der Waals surface area (Å²) in [4.78, 5) is 11.7. The van der Waals surface area contributed by atoms with Gasteiger partial charge in [-0.1, -0.05) is 12.1 Å². The van der Waals surface area contributed by atoms with Crippen LogP contribution in [0.4, 0.5) is 5.69 Å². The summed E-state index contributed by atoms with van der Waals surface area (Å²) in [7, 11) is 0. The maximum Gasteiger partial charge on any atom is 0.271 e. The summed E-state index contributed by atoms with van der Waals surface area (Å²) in [6.07, 6.45) is 1.08. The van der Waals surface area contributed by atoms with Crippen molar-refractivity contribution in [3.8, 4) is 5.69 Å². The molecule has 0 aliphatic rings. The van der Waals surface area contributed by atoms with E-state index in [1.807, 2.05) is 18.2 Å². The molecule has 0 unspecified atom stereocenters. The Kier molecular flexibility index (Phi) is 3.82. The fourth-order valence-electron chi connectivity index (χ4n) is 1.61. The van der Waals surface area contributed by atoms with E-state index in [0.717, 1.165) is 5.69 Å². The van der Waals surface area contributed by atoms with Gasteiger partial charge in [0.25, 0.3) is 5.91 Å². The molecule has 0 aliphatic carbocycles. The molecule has 1 aromatic carbocycles. The number of amides is 1. The lowest BCUT2D eigenvalue weighted by Crippen LogP contribution is -2.30. The molecule has 4 N–H and O–H groups in total. The normalized spacial score (nSPS) is 12.1. The van der Waals surface area contributed by atoms with E-state index in [4.69, 9.17) is 10.8 Å². The average molecular weight is 260 g/mol. The summed E-state index contributed by atoms with van der Waals surface area (Å²) in [5.74, 6) is -0.325. The van der Waals surface area contributed by atoms with Crippen LogP contribution in [0.3, 0.4) is 0 Å². The summed E-state index contributed by atoms with van der Waals surface area (Å²) in [5.41, 5.74) is 7.43. The van der Waals surface area contributed by atoms with E-state index in [1.54, 1.807) is 29.9 Å². The third-order valence-corrected chi connectivity index (χ3v) is 2.56. The highest BCUT2D eigenvalue weighted by Crippen LogP contribution is 2.15. The number of hydrogen-bond acceptors (Lipinski definition) is 4. The summed E-state index contributed by atoms with van der Waals surface area (Å²) >= 11 is 0. The maximum absolute atomic E-state index is 11.7. The number of benzene rings is 1. The Bertz CT molecular complexity index is 578. The van der Waals surface area contributed by atoms with Crippen molar-refractivity contribution in [1.29, 1.82) is 0 Å². The zero-order valence-corrected chi connectivity index (χ0v) is 10.6. The minimum absolute atomic E-state index is 0.194. The Morgan fingerprint density at radius 3 is 2.89 bits per heavy atom. The van der Waals surface area contributed by atoms with Crippen LogP contribution in [0, 0.1) is 0 Å². The van der Waals surface area contributed by atoms with Gasteiger partial charge in [-0.25, -0.2) is 4.68 Å². The number of nitrogens with zero attached hydrogens (tertiary/aromatic N) is 2. The van der Waals surface area contributed by atoms with Gasteiger partial charge in [-0.05, 0) is 25.1 Å². The highest BCUT2D eigenvalue weighted by molar-refractivity contribution is 5.92. The van der Waals surface area contributed by atoms with Crippen LogP contribution < -0.4 is 11.1 Å². The molecule has 19 heavy (non-hydrogen) atoms. The number of aromatic nitrogens is 2. The van der Waals surface area contributed by atoms with Gasteiger partial charge in [0.2, 0.25) is 0 Å². The Balaban J connectivity index is 2.15. The van der Waals surface area contributed by atoms with E-state index < -0.39 is 6.10 Å². The van der Waals surface area contributed by atoms with Gasteiger partial charge < -0.3 is 16.2 Å². The Hall–Kier alpha value is -2.34. The molecule has 1 amide bonds. The lowest BCUT2D eigenvalue weighted by atomic mass is 10.3. The molecular weight excluding hydrogens is 244 g/mol. The van der Waals surface area contributed by atoms with E-state index in [2.05, 4.69) is 10.4 Å². The Morgan fingerprint density at radius 2 is 2.21 bits per heavy atom. The van der Waals surface area contributed by atoms with Crippen LogP contribution in [0.15, 0.2) is 36.5 Å². The molecule has 100 valence electrons. The lowest BCUT2D eigenvalue weighted by molar-refractivity contribution is 0.0918. The lowest BCUT2D eigenvalue weighted by Gasteiger charge is -2.06. The fraction of sp³-hybridized carbons (Fsp3) is 0.231. The van der Waals surface area contributed by atoms with Crippen LogP contribution in [0.1, 0.15) is 17.4 Å². The quantitative estimate of drug-likeness (QED) is 0.700. The van der Waals surface area contributed by atoms with Crippen LogP contribution in [0.5, 0.6) is 0 Å². The third kappa shape index (κ3) is 3.11. The van der Waals surface area contributed by atoms with E-state index in [9.17, 15) is 4.79 Å². The number of nitrogens with two attached hydrogens (primary N) is 1. The van der Waals surface area contributed by atoms with Crippen molar-refractivity contribution in [2.45, 2.75) is 13.0 Å². The number of nitrogens with one attached hydrogen (secondary N) is 1. The largest absolute Gasteiger partial charge is 0.397 e. The number of nitrogen functional groups attached to an aromatic ring is 1. The standard InChI is InChI=1S/C13H16N4O2/c1-9(18)8-15-13(19)11-6-7-17(16-11)12-5-3-2-4-10(12)14/h2-7,9,18H,8,14H2,1H3,(H,15,19)/t9-/m1/s1. The van der Waals surface area contributed by atoms with Crippen LogP contribution in [-0.4, -0.2) is 33.4 Å². The van der Waals surface area contributed by atoms with Crippen molar-refractivity contribution >= 4 is 11.6 Å². The zero-order valence-electron chi connectivity index (χ0n) is 10.6. The van der Waals surface area contributed by atoms with Gasteiger partial charge in [-0.2, -0.15) is 5.10 Å². The molecule has 2 rings (SSSR count). The van der Waals surface area contributed by atoms with E-state index in [0.29, 0.717) is 5.69 Å². The summed E-state index contributed by atoms with van der Waals surface area (Å²) in [5, 5.41) is 15.9. The second-order valence-electron chi connectivity index (χ2n) is 4.26. The Morgan fingerprint density at radius 1 is 1.47 bits per heavy atom. The van der Waals surface area contributed by atoms with Gasteiger partial charge in [-0.3, -0.25) is 4.79 Å². The van der Waals surface area contributed by atoms with Crippen LogP contribution in [0.25, 0.3) is 5.69 Å². The predicted molar refractivity (Wildman–Crippen MR) is 72.0 cm³/mol. The molecular formula is C13H16N4O2. The molecule has 1 aromatic heterocycles. The monoisotopic (exact) mass is 260 g/mol. The summed E-state index contributed by atoms with van der Waals surface area (Å²) < 4.78 is 1.55. The first kappa shape index (κ1) is 13.1. The highest BCUT2D eigenvalue weighted by Gasteiger charge is 2.11. The SMILES string of the molecule is C[C@@H](O)CNC(=O)c1ccn(-c2ccccc2N)n1. The first-order valence-corrected chi connectivity index (χ1v) is 5.94. The molecule has 0 aliphatic heterocycles. The molecule has 0 spiro atoms. The number of para-hydroxylation sites is 2. The number of anilines is 1. The molecule has 0 fully saturated rings. The van der Waals surface area contributed by atoms with Gasteiger partial charge >= 0.3 is 0 Å².